The van der Waals surface area contributed by atoms with E-state index >= 15 is 0 Å². The highest BCUT2D eigenvalue weighted by Crippen LogP contribution is 2.23. The van der Waals surface area contributed by atoms with Gasteiger partial charge in [-0.1, -0.05) is 6.07 Å². The molecule has 1 fully saturated rings. The number of anilines is 1. The fourth-order valence-electron chi connectivity index (χ4n) is 2.88. The Hall–Kier alpha value is -2.77. The van der Waals surface area contributed by atoms with Crippen LogP contribution in [-0.2, 0) is 11.3 Å². The standard InChI is InChI=1S/C17H18F2N4O2/c1-21(11-14-20-7-9-23(14)17(18)19)16(25)12-4-2-5-13(10-12)22-8-3-6-15(22)24/h2,4-5,7,9-10,17H,3,6,8,11H2,1H3. The van der Waals surface area contributed by atoms with E-state index in [1.165, 1.54) is 24.3 Å². The van der Waals surface area contributed by atoms with Gasteiger partial charge in [-0.25, -0.2) is 4.98 Å². The van der Waals surface area contributed by atoms with Gasteiger partial charge in [0.25, 0.3) is 5.91 Å². The minimum absolute atomic E-state index is 0.0386. The maximum absolute atomic E-state index is 12.9. The summed E-state index contributed by atoms with van der Waals surface area (Å²) in [7, 11) is 1.53. The van der Waals surface area contributed by atoms with Crippen LogP contribution >= 0.6 is 0 Å². The number of benzene rings is 1. The number of hydrogen-bond acceptors (Lipinski definition) is 3. The number of halogens is 2. The first-order valence-electron chi connectivity index (χ1n) is 7.93. The minimum Gasteiger partial charge on any atom is -0.334 e. The lowest BCUT2D eigenvalue weighted by atomic mass is 10.1. The molecular weight excluding hydrogens is 330 g/mol. The maximum Gasteiger partial charge on any atom is 0.319 e. The summed E-state index contributed by atoms with van der Waals surface area (Å²) in [4.78, 5) is 31.3. The molecule has 1 aromatic carbocycles. The van der Waals surface area contributed by atoms with Gasteiger partial charge in [0.05, 0.1) is 6.54 Å². The molecule has 1 aliphatic heterocycles. The number of carbonyl (C=O) groups is 2. The van der Waals surface area contributed by atoms with E-state index < -0.39 is 6.55 Å². The van der Waals surface area contributed by atoms with E-state index in [0.29, 0.717) is 24.2 Å². The van der Waals surface area contributed by atoms with Crippen LogP contribution in [-0.4, -0.2) is 39.9 Å². The zero-order valence-corrected chi connectivity index (χ0v) is 13.7. The topological polar surface area (TPSA) is 58.4 Å². The molecule has 2 heterocycles. The van der Waals surface area contributed by atoms with Crippen LogP contribution < -0.4 is 4.90 Å². The molecule has 1 saturated heterocycles. The largest absolute Gasteiger partial charge is 0.334 e. The normalized spacial score (nSPS) is 14.4. The van der Waals surface area contributed by atoms with E-state index in [4.69, 9.17) is 0 Å². The van der Waals surface area contributed by atoms with Gasteiger partial charge in [0, 0.05) is 43.7 Å². The Bertz CT molecular complexity index is 790. The number of aromatic nitrogens is 2. The molecule has 0 N–H and O–H groups in total. The summed E-state index contributed by atoms with van der Waals surface area (Å²) in [6.45, 7) is -2.10. The summed E-state index contributed by atoms with van der Waals surface area (Å²) in [5.41, 5.74) is 1.07. The molecule has 0 radical (unpaired) electrons. The fourth-order valence-corrected chi connectivity index (χ4v) is 2.88. The van der Waals surface area contributed by atoms with Gasteiger partial charge < -0.3 is 9.80 Å². The second-order valence-corrected chi connectivity index (χ2v) is 5.89. The first-order chi connectivity index (χ1) is 12.0. The SMILES string of the molecule is CN(Cc1nccn1C(F)F)C(=O)c1cccc(N2CCCC2=O)c1. The number of rotatable bonds is 5. The Morgan fingerprint density at radius 1 is 1.40 bits per heavy atom. The number of amides is 2. The molecule has 0 spiro atoms. The van der Waals surface area contributed by atoms with Crippen LogP contribution in [0.4, 0.5) is 14.5 Å². The lowest BCUT2D eigenvalue weighted by molar-refractivity contribution is -0.117. The predicted octanol–water partition coefficient (Wildman–Crippen LogP) is 2.68. The van der Waals surface area contributed by atoms with Crippen LogP contribution in [0.25, 0.3) is 0 Å². The molecule has 3 rings (SSSR count). The quantitative estimate of drug-likeness (QED) is 0.835. The summed E-state index contributed by atoms with van der Waals surface area (Å²) in [6, 6.07) is 6.79. The Morgan fingerprint density at radius 3 is 2.88 bits per heavy atom. The van der Waals surface area contributed by atoms with Gasteiger partial charge in [-0.3, -0.25) is 14.2 Å². The van der Waals surface area contributed by atoms with Gasteiger partial charge in [-0.15, -0.1) is 0 Å². The van der Waals surface area contributed by atoms with Crippen molar-refractivity contribution >= 4 is 17.5 Å². The fraction of sp³-hybridized carbons (Fsp3) is 0.353. The van der Waals surface area contributed by atoms with Crippen LogP contribution in [0.3, 0.4) is 0 Å². The molecule has 0 unspecified atom stereocenters. The van der Waals surface area contributed by atoms with Crippen LogP contribution in [0.5, 0.6) is 0 Å². The van der Waals surface area contributed by atoms with Gasteiger partial charge in [-0.05, 0) is 24.6 Å². The Kier molecular flexibility index (Phi) is 4.78. The first-order valence-corrected chi connectivity index (χ1v) is 7.93. The smallest absolute Gasteiger partial charge is 0.319 e. The first kappa shape index (κ1) is 17.1. The average Bonchev–Trinajstić information content (AvgIpc) is 3.23. The summed E-state index contributed by atoms with van der Waals surface area (Å²) < 4.78 is 26.5. The third-order valence-corrected chi connectivity index (χ3v) is 4.16. The molecule has 0 saturated carbocycles. The van der Waals surface area contributed by atoms with Crippen molar-refractivity contribution in [2.75, 3.05) is 18.5 Å². The van der Waals surface area contributed by atoms with Crippen LogP contribution in [0.1, 0.15) is 35.6 Å². The lowest BCUT2D eigenvalue weighted by Crippen LogP contribution is -2.28. The monoisotopic (exact) mass is 348 g/mol. The summed E-state index contributed by atoms with van der Waals surface area (Å²) in [5, 5.41) is 0. The zero-order chi connectivity index (χ0) is 18.0. The summed E-state index contributed by atoms with van der Waals surface area (Å²) >= 11 is 0. The van der Waals surface area contributed by atoms with Gasteiger partial charge in [0.2, 0.25) is 5.91 Å². The molecule has 2 aromatic rings. The molecule has 2 amide bonds. The number of nitrogens with zero attached hydrogens (tertiary/aromatic N) is 4. The van der Waals surface area contributed by atoms with E-state index in [1.54, 1.807) is 29.2 Å². The number of alkyl halides is 2. The van der Waals surface area contributed by atoms with Gasteiger partial charge in [-0.2, -0.15) is 8.78 Å². The van der Waals surface area contributed by atoms with Crippen molar-refractivity contribution < 1.29 is 18.4 Å². The Morgan fingerprint density at radius 2 is 2.20 bits per heavy atom. The molecule has 1 aromatic heterocycles. The van der Waals surface area contributed by atoms with E-state index in [-0.39, 0.29) is 24.2 Å². The molecule has 0 aliphatic carbocycles. The van der Waals surface area contributed by atoms with Crippen LogP contribution in [0, 0.1) is 0 Å². The van der Waals surface area contributed by atoms with Crippen molar-refractivity contribution in [3.8, 4) is 0 Å². The second-order valence-electron chi connectivity index (χ2n) is 5.89. The van der Waals surface area contributed by atoms with E-state index in [1.807, 2.05) is 0 Å². The van der Waals surface area contributed by atoms with Crippen LogP contribution in [0.2, 0.25) is 0 Å². The zero-order valence-electron chi connectivity index (χ0n) is 13.7. The van der Waals surface area contributed by atoms with Crippen molar-refractivity contribution in [1.82, 2.24) is 14.5 Å². The van der Waals surface area contributed by atoms with Crippen molar-refractivity contribution in [1.29, 1.82) is 0 Å². The van der Waals surface area contributed by atoms with E-state index in [2.05, 4.69) is 4.98 Å². The molecule has 0 atom stereocenters. The van der Waals surface area contributed by atoms with E-state index in [0.717, 1.165) is 11.0 Å². The Labute approximate surface area is 143 Å². The molecular formula is C17H18F2N4O2. The molecule has 132 valence electrons. The van der Waals surface area contributed by atoms with Crippen LogP contribution in [0.15, 0.2) is 36.7 Å². The van der Waals surface area contributed by atoms with Crippen molar-refractivity contribution in [3.05, 3.63) is 48.0 Å². The van der Waals surface area contributed by atoms with E-state index in [9.17, 15) is 18.4 Å². The highest BCUT2D eigenvalue weighted by Gasteiger charge is 2.23. The van der Waals surface area contributed by atoms with Gasteiger partial charge >= 0.3 is 6.55 Å². The molecule has 8 heteroatoms. The third kappa shape index (κ3) is 3.52. The maximum atomic E-state index is 12.9. The summed E-state index contributed by atoms with van der Waals surface area (Å²) in [6.07, 6.45) is 3.76. The molecule has 1 aliphatic rings. The predicted molar refractivity (Wildman–Crippen MR) is 87.3 cm³/mol. The minimum atomic E-state index is -2.70. The lowest BCUT2D eigenvalue weighted by Gasteiger charge is -2.20. The second kappa shape index (κ2) is 7.00. The number of imidazole rings is 1. The van der Waals surface area contributed by atoms with Gasteiger partial charge in [0.15, 0.2) is 0 Å². The molecule has 6 nitrogen and oxygen atoms in total. The highest BCUT2D eigenvalue weighted by molar-refractivity contribution is 5.98. The number of carbonyl (C=O) groups excluding carboxylic acids is 2. The van der Waals surface area contributed by atoms with Gasteiger partial charge in [0.1, 0.15) is 5.82 Å². The van der Waals surface area contributed by atoms with Crippen molar-refractivity contribution in [3.63, 3.8) is 0 Å². The Balaban J connectivity index is 1.76. The average molecular weight is 348 g/mol. The third-order valence-electron chi connectivity index (χ3n) is 4.16. The highest BCUT2D eigenvalue weighted by atomic mass is 19.3. The molecule has 0 bridgehead atoms. The molecule has 25 heavy (non-hydrogen) atoms. The number of hydrogen-bond donors (Lipinski definition) is 0. The summed E-state index contributed by atoms with van der Waals surface area (Å²) in [5.74, 6) is -0.175. The van der Waals surface area contributed by atoms with Crippen molar-refractivity contribution in [2.24, 2.45) is 0 Å². The van der Waals surface area contributed by atoms with Crippen molar-refractivity contribution in [2.45, 2.75) is 25.9 Å².